The standard InChI is InChI=1S/C35H44O16/c1-8-15(2)24(38)49-18-12-19(48-16(3)36)32(26(39)43-6)13-46-21-22(32)31(18)14-47-34(42,27(40)44-7)25(31)29(4,23(21)37)35-20-11-17(30(35,5)51-35)33(41)9-10-45-28(33)50-20/h8-10,17-23,25,28,37,41-42H,11-14H2,1-7H3/b15-8-/t17?,18?,19-,20+,21?,22?,23-,25?,28-,29-,30+,31?,32+,33?,34?,35+/m1/s1. The number of fused-ring (bicyclic) bond motifs is 7. The predicted octanol–water partition coefficient (Wildman–Crippen LogP) is -0.203. The highest BCUT2D eigenvalue weighted by Crippen LogP contribution is 2.83. The molecule has 0 aromatic carbocycles. The molecule has 51 heavy (non-hydrogen) atoms. The van der Waals surface area contributed by atoms with Gasteiger partial charge in [0, 0.05) is 47.5 Å². The largest absolute Gasteiger partial charge is 0.469 e. The van der Waals surface area contributed by atoms with Crippen LogP contribution >= 0.6 is 0 Å². The summed E-state index contributed by atoms with van der Waals surface area (Å²) in [6, 6.07) is 0. The first-order chi connectivity index (χ1) is 23.9. The molecule has 5 aliphatic heterocycles. The first kappa shape index (κ1) is 34.9. The summed E-state index contributed by atoms with van der Waals surface area (Å²) in [5.41, 5.74) is -9.47. The molecule has 8 rings (SSSR count). The molecule has 2 bridgehead atoms. The van der Waals surface area contributed by atoms with Crippen LogP contribution < -0.4 is 0 Å². The second-order valence-corrected chi connectivity index (χ2v) is 15.8. The average molecular weight is 721 g/mol. The third kappa shape index (κ3) is 3.65. The molecule has 16 atom stereocenters. The van der Waals surface area contributed by atoms with Crippen molar-refractivity contribution in [3.8, 4) is 0 Å². The Morgan fingerprint density at radius 3 is 2.31 bits per heavy atom. The van der Waals surface area contributed by atoms with Gasteiger partial charge in [0.25, 0.3) is 5.79 Å². The molecule has 0 aromatic rings. The molecule has 8 unspecified atom stereocenters. The lowest BCUT2D eigenvalue weighted by atomic mass is 9.37. The molecule has 7 fully saturated rings. The average Bonchev–Trinajstić information content (AvgIpc) is 3.47. The van der Waals surface area contributed by atoms with E-state index in [-0.39, 0.29) is 18.4 Å². The highest BCUT2D eigenvalue weighted by atomic mass is 16.7. The van der Waals surface area contributed by atoms with Crippen LogP contribution in [0.2, 0.25) is 0 Å². The molecule has 16 nitrogen and oxygen atoms in total. The maximum Gasteiger partial charge on any atom is 0.366 e. The molecule has 3 N–H and O–H groups in total. The van der Waals surface area contributed by atoms with E-state index in [0.29, 0.717) is 0 Å². The van der Waals surface area contributed by atoms with E-state index in [1.165, 1.54) is 19.3 Å². The Morgan fingerprint density at radius 1 is 0.961 bits per heavy atom. The number of epoxide rings is 1. The number of ether oxygens (including phenoxy) is 9. The molecule has 280 valence electrons. The fourth-order valence-corrected chi connectivity index (χ4v) is 12.2. The van der Waals surface area contributed by atoms with Crippen molar-refractivity contribution in [3.63, 3.8) is 0 Å². The van der Waals surface area contributed by atoms with E-state index in [2.05, 4.69) is 0 Å². The fourth-order valence-electron chi connectivity index (χ4n) is 12.2. The number of aliphatic hydroxyl groups excluding tert-OH is 1. The van der Waals surface area contributed by atoms with Crippen LogP contribution in [0.25, 0.3) is 0 Å². The van der Waals surface area contributed by atoms with Crippen LogP contribution in [0, 0.1) is 34.0 Å². The van der Waals surface area contributed by atoms with Crippen molar-refractivity contribution in [2.45, 2.75) is 107 Å². The Labute approximate surface area is 293 Å². The molecule has 0 amide bonds. The number of aliphatic hydroxyl groups is 3. The van der Waals surface area contributed by atoms with Gasteiger partial charge < -0.3 is 58.0 Å². The summed E-state index contributed by atoms with van der Waals surface area (Å²) in [4.78, 5) is 54.4. The van der Waals surface area contributed by atoms with E-state index in [4.69, 9.17) is 42.6 Å². The van der Waals surface area contributed by atoms with Crippen molar-refractivity contribution < 1.29 is 77.1 Å². The highest BCUT2D eigenvalue weighted by Gasteiger charge is 2.97. The topological polar surface area (TPSA) is 215 Å². The van der Waals surface area contributed by atoms with E-state index >= 15 is 0 Å². The third-order valence-electron chi connectivity index (χ3n) is 14.1. The van der Waals surface area contributed by atoms with Gasteiger partial charge in [0.1, 0.15) is 28.8 Å². The van der Waals surface area contributed by atoms with E-state index in [0.717, 1.165) is 14.2 Å². The summed E-state index contributed by atoms with van der Waals surface area (Å²) < 4.78 is 54.0. The minimum absolute atomic E-state index is 0.235. The Bertz CT molecular complexity index is 1660. The van der Waals surface area contributed by atoms with E-state index in [1.807, 2.05) is 0 Å². The summed E-state index contributed by atoms with van der Waals surface area (Å²) in [6.45, 7) is 6.88. The van der Waals surface area contributed by atoms with Crippen molar-refractivity contribution in [3.05, 3.63) is 24.0 Å². The van der Waals surface area contributed by atoms with Gasteiger partial charge in [0.2, 0.25) is 6.29 Å². The maximum atomic E-state index is 14.2. The zero-order valence-electron chi connectivity index (χ0n) is 29.4. The van der Waals surface area contributed by atoms with Crippen LogP contribution in [-0.4, -0.2) is 126 Å². The molecule has 3 saturated carbocycles. The number of methoxy groups -OCH3 is 2. The van der Waals surface area contributed by atoms with Crippen molar-refractivity contribution in [2.24, 2.45) is 34.0 Å². The fraction of sp³-hybridized carbons (Fsp3) is 0.771. The van der Waals surface area contributed by atoms with Crippen molar-refractivity contribution in [2.75, 3.05) is 27.4 Å². The van der Waals surface area contributed by atoms with Crippen LogP contribution in [0.1, 0.15) is 47.5 Å². The van der Waals surface area contributed by atoms with Gasteiger partial charge in [-0.25, -0.2) is 9.59 Å². The quantitative estimate of drug-likeness (QED) is 0.140. The molecule has 4 saturated heterocycles. The van der Waals surface area contributed by atoms with Crippen LogP contribution in [-0.2, 0) is 61.8 Å². The van der Waals surface area contributed by atoms with Gasteiger partial charge >= 0.3 is 23.9 Å². The summed E-state index contributed by atoms with van der Waals surface area (Å²) >= 11 is 0. The number of esters is 4. The van der Waals surface area contributed by atoms with Crippen molar-refractivity contribution >= 4 is 23.9 Å². The van der Waals surface area contributed by atoms with Crippen molar-refractivity contribution in [1.82, 2.24) is 0 Å². The van der Waals surface area contributed by atoms with Crippen LogP contribution in [0.3, 0.4) is 0 Å². The maximum absolute atomic E-state index is 14.2. The molecule has 5 heterocycles. The summed E-state index contributed by atoms with van der Waals surface area (Å²) in [6.07, 6.45) is -3.11. The molecule has 0 aromatic heterocycles. The van der Waals surface area contributed by atoms with Crippen LogP contribution in [0.5, 0.6) is 0 Å². The van der Waals surface area contributed by atoms with Gasteiger partial charge in [-0.15, -0.1) is 0 Å². The second-order valence-electron chi connectivity index (χ2n) is 15.8. The molecule has 1 spiro atoms. The number of rotatable bonds is 6. The van der Waals surface area contributed by atoms with Gasteiger partial charge in [0.05, 0.1) is 52.0 Å². The van der Waals surface area contributed by atoms with Gasteiger partial charge in [-0.2, -0.15) is 0 Å². The van der Waals surface area contributed by atoms with Gasteiger partial charge in [-0.05, 0) is 33.3 Å². The number of carbonyl (C=O) groups is 4. The molecule has 16 heteroatoms. The monoisotopic (exact) mass is 720 g/mol. The molecule has 3 aliphatic carbocycles. The second kappa shape index (κ2) is 10.5. The number of hydrogen-bond donors (Lipinski definition) is 3. The summed E-state index contributed by atoms with van der Waals surface area (Å²) in [5, 5.41) is 37.4. The first-order valence-electron chi connectivity index (χ1n) is 17.2. The van der Waals surface area contributed by atoms with Crippen LogP contribution in [0.4, 0.5) is 0 Å². The lowest BCUT2D eigenvalue weighted by molar-refractivity contribution is -0.314. The Morgan fingerprint density at radius 2 is 1.67 bits per heavy atom. The lowest BCUT2D eigenvalue weighted by Crippen LogP contribution is -2.79. The molecular formula is C35H44O16. The Hall–Kier alpha value is -3.12. The van der Waals surface area contributed by atoms with E-state index in [1.54, 1.807) is 33.8 Å². The van der Waals surface area contributed by atoms with E-state index in [9.17, 15) is 34.5 Å². The molecule has 0 radical (unpaired) electrons. The number of hydrogen-bond acceptors (Lipinski definition) is 16. The normalized spacial score (nSPS) is 53.9. The van der Waals surface area contributed by atoms with Crippen LogP contribution in [0.15, 0.2) is 24.0 Å². The minimum atomic E-state index is -2.82. The van der Waals surface area contributed by atoms with Crippen molar-refractivity contribution in [1.29, 1.82) is 0 Å². The number of allylic oxidation sites excluding steroid dienone is 1. The SMILES string of the molecule is C/C=C(/C)C(=O)OC1C[C@@H](OC(C)=O)[C@@]2(C(=O)OC)COC3C2C12COC(O)(C(=O)OC)C2[C@](C)([C@]12O[C@@]1(C)C1C[C@@H]2O[C@H]2OC=CC12O)[C@@H]3O. The minimum Gasteiger partial charge on any atom is -0.469 e. The summed E-state index contributed by atoms with van der Waals surface area (Å²) in [5.74, 6) is -9.76. The zero-order chi connectivity index (χ0) is 36.9. The van der Waals surface area contributed by atoms with E-state index < -0.39 is 130 Å². The molecular weight excluding hydrogens is 676 g/mol. The zero-order valence-corrected chi connectivity index (χ0v) is 29.4. The summed E-state index contributed by atoms with van der Waals surface area (Å²) in [7, 11) is 2.23. The van der Waals surface area contributed by atoms with Gasteiger partial charge in [0.15, 0.2) is 5.60 Å². The van der Waals surface area contributed by atoms with Gasteiger partial charge in [-0.1, -0.05) is 13.0 Å². The molecule has 8 aliphatic rings. The Kier molecular flexibility index (Phi) is 7.20. The third-order valence-corrected chi connectivity index (χ3v) is 14.1. The smallest absolute Gasteiger partial charge is 0.366 e. The highest BCUT2D eigenvalue weighted by molar-refractivity contribution is 5.88. The Balaban J connectivity index is 1.40. The lowest BCUT2D eigenvalue weighted by Gasteiger charge is -2.65. The number of carbonyl (C=O) groups excluding carboxylic acids is 4. The first-order valence-corrected chi connectivity index (χ1v) is 17.2. The van der Waals surface area contributed by atoms with Gasteiger partial charge in [-0.3, -0.25) is 9.59 Å². The predicted molar refractivity (Wildman–Crippen MR) is 164 cm³/mol.